The van der Waals surface area contributed by atoms with Crippen molar-refractivity contribution in [2.24, 2.45) is 17.6 Å². The molecule has 11 heteroatoms. The highest BCUT2D eigenvalue weighted by Crippen LogP contribution is 2.56. The molecule has 212 valence electrons. The van der Waals surface area contributed by atoms with Crippen molar-refractivity contribution in [3.05, 3.63) is 76.3 Å². The van der Waals surface area contributed by atoms with E-state index in [0.717, 1.165) is 5.39 Å². The molecule has 0 saturated carbocycles. The summed E-state index contributed by atoms with van der Waals surface area (Å²) in [6.45, 7) is 1.68. The number of carbonyl (C=O) groups excluding carboxylic acids is 3. The monoisotopic (exact) mass is 560 g/mol. The summed E-state index contributed by atoms with van der Waals surface area (Å²) in [5, 5.41) is 58.0. The predicted octanol–water partition coefficient (Wildman–Crippen LogP) is 2.07. The summed E-state index contributed by atoms with van der Waals surface area (Å²) >= 11 is 0. The Morgan fingerprint density at radius 3 is 2.39 bits per heavy atom. The molecule has 3 aliphatic carbocycles. The number of aliphatic hydroxyl groups is 4. The first-order chi connectivity index (χ1) is 19.3. The van der Waals surface area contributed by atoms with Gasteiger partial charge in [0.25, 0.3) is 5.91 Å². The predicted molar refractivity (Wildman–Crippen MR) is 145 cm³/mol. The lowest BCUT2D eigenvalue weighted by molar-refractivity contribution is -0.162. The first kappa shape index (κ1) is 26.8. The van der Waals surface area contributed by atoms with E-state index in [1.807, 2.05) is 12.1 Å². The normalized spacial score (nSPS) is 29.6. The van der Waals surface area contributed by atoms with Crippen LogP contribution in [-0.4, -0.2) is 79.7 Å². The fourth-order valence-electron chi connectivity index (χ4n) is 6.94. The van der Waals surface area contributed by atoms with Crippen LogP contribution in [0.2, 0.25) is 0 Å². The number of amides is 1. The maximum Gasteiger partial charge on any atom is 0.255 e. The molecular weight excluding hydrogens is 532 g/mol. The number of furan rings is 1. The van der Waals surface area contributed by atoms with E-state index in [-0.39, 0.29) is 16.9 Å². The van der Waals surface area contributed by atoms with Crippen molar-refractivity contribution >= 4 is 28.4 Å². The molecule has 2 aromatic carbocycles. The largest absolute Gasteiger partial charge is 0.510 e. The number of ketones is 2. The number of rotatable bonds is 3. The van der Waals surface area contributed by atoms with Crippen molar-refractivity contribution in [3.63, 3.8) is 0 Å². The molecule has 0 saturated heterocycles. The van der Waals surface area contributed by atoms with E-state index in [9.17, 15) is 39.9 Å². The van der Waals surface area contributed by atoms with E-state index in [0.29, 0.717) is 11.1 Å². The Morgan fingerprint density at radius 2 is 1.76 bits per heavy atom. The summed E-state index contributed by atoms with van der Waals surface area (Å²) in [5.41, 5.74) is 1.96. The van der Waals surface area contributed by atoms with Gasteiger partial charge in [0.15, 0.2) is 11.4 Å². The topological polar surface area (TPSA) is 195 Å². The lowest BCUT2D eigenvalue weighted by Crippen LogP contribution is -2.68. The number of hydrogen-bond acceptors (Lipinski definition) is 10. The second-order valence-electron chi connectivity index (χ2n) is 11.1. The highest BCUT2D eigenvalue weighted by molar-refractivity contribution is 6.25. The summed E-state index contributed by atoms with van der Waals surface area (Å²) < 4.78 is 5.88. The maximum absolute atomic E-state index is 14.0. The van der Waals surface area contributed by atoms with Crippen molar-refractivity contribution in [1.29, 1.82) is 0 Å². The molecule has 3 aromatic rings. The first-order valence-corrected chi connectivity index (χ1v) is 13.0. The minimum atomic E-state index is -2.96. The van der Waals surface area contributed by atoms with Gasteiger partial charge < -0.3 is 35.7 Å². The molecular formula is C30H28N2O9. The Balaban J connectivity index is 1.57. The number of nitrogens with two attached hydrogens (primary N) is 1. The number of fused-ring (bicyclic) bond motifs is 4. The van der Waals surface area contributed by atoms with Gasteiger partial charge in [0, 0.05) is 16.9 Å². The van der Waals surface area contributed by atoms with Crippen molar-refractivity contribution in [2.45, 2.75) is 30.6 Å². The number of aliphatic hydroxyl groups excluding tert-OH is 3. The van der Waals surface area contributed by atoms with Gasteiger partial charge in [-0.3, -0.25) is 19.3 Å². The van der Waals surface area contributed by atoms with Gasteiger partial charge in [-0.25, -0.2) is 0 Å². The third kappa shape index (κ3) is 3.33. The number of benzene rings is 2. The van der Waals surface area contributed by atoms with Gasteiger partial charge in [0.1, 0.15) is 34.2 Å². The molecule has 1 amide bonds. The van der Waals surface area contributed by atoms with Gasteiger partial charge in [-0.15, -0.1) is 0 Å². The lowest BCUT2D eigenvalue weighted by Gasteiger charge is -2.53. The van der Waals surface area contributed by atoms with Crippen LogP contribution in [-0.2, 0) is 9.59 Å². The van der Waals surface area contributed by atoms with Crippen molar-refractivity contribution < 1.29 is 44.3 Å². The lowest BCUT2D eigenvalue weighted by atomic mass is 9.55. The number of likely N-dealkylation sites (N-methyl/N-ethyl adjacent to an activating group) is 1. The van der Waals surface area contributed by atoms with Crippen molar-refractivity contribution in [1.82, 2.24) is 4.90 Å². The van der Waals surface area contributed by atoms with E-state index in [2.05, 4.69) is 0 Å². The molecule has 3 aliphatic rings. The number of Topliss-reactive ketones (excluding diaryl/α,β-unsaturated/α-hetero) is 2. The number of para-hydroxylation sites is 1. The Labute approximate surface area is 233 Å². The number of phenolic OH excluding ortho intramolecular Hbond substituents is 1. The maximum atomic E-state index is 14.0. The zero-order valence-corrected chi connectivity index (χ0v) is 22.3. The van der Waals surface area contributed by atoms with Gasteiger partial charge in [-0.1, -0.05) is 31.2 Å². The molecule has 6 atom stereocenters. The number of phenols is 1. The smallest absolute Gasteiger partial charge is 0.255 e. The molecule has 0 radical (unpaired) electrons. The van der Waals surface area contributed by atoms with Crippen LogP contribution in [0.3, 0.4) is 0 Å². The Bertz CT molecular complexity index is 1720. The van der Waals surface area contributed by atoms with E-state index in [4.69, 9.17) is 10.2 Å². The average Bonchev–Trinajstić information content (AvgIpc) is 3.34. The molecule has 1 aromatic heterocycles. The standard InChI is InChI=1S/C30H28N2O9/c1-11-13-8-9-14(16-10-12-6-4-5-7-15(12)41-16)23(33)18(13)24(34)19-17(11)25(35)21-22(32(2)3)26(36)20(29(31)39)28(38)30(21,40)27(19)37/h4-11,17,21-22,25,33,35-37,40H,1-3H3,(H2,31,39)/t11?,17-,21-,22+,25+,30+/m1/s1. The molecule has 0 fully saturated rings. The van der Waals surface area contributed by atoms with E-state index in [1.54, 1.807) is 37.3 Å². The van der Waals surface area contributed by atoms with Gasteiger partial charge in [-0.2, -0.15) is 0 Å². The van der Waals surface area contributed by atoms with Crippen LogP contribution in [0.15, 0.2) is 69.5 Å². The second kappa shape index (κ2) is 8.77. The molecule has 0 aliphatic heterocycles. The zero-order chi connectivity index (χ0) is 29.7. The van der Waals surface area contributed by atoms with Crippen molar-refractivity contribution in [2.75, 3.05) is 14.1 Å². The SMILES string of the molecule is CC1c2ccc(-c3cc4ccccc4o3)c(O)c2C(=O)C2=C(O)[C@]3(O)C(=O)C(C(N)=O)=C(O)[C@@H](N(C)C)[C@@H]3[C@@H](O)[C@@H]21. The summed E-state index contributed by atoms with van der Waals surface area (Å²) in [6, 6.07) is 10.8. The number of nitrogens with zero attached hydrogens (tertiary/aromatic N) is 1. The summed E-state index contributed by atoms with van der Waals surface area (Å²) in [4.78, 5) is 41.1. The number of aromatic hydroxyl groups is 1. The van der Waals surface area contributed by atoms with Crippen LogP contribution in [0.25, 0.3) is 22.3 Å². The number of primary amides is 1. The van der Waals surface area contributed by atoms with E-state index in [1.165, 1.54) is 19.0 Å². The summed E-state index contributed by atoms with van der Waals surface area (Å²) in [7, 11) is 2.97. The quantitative estimate of drug-likeness (QED) is 0.258. The minimum absolute atomic E-state index is 0.177. The third-order valence-electron chi connectivity index (χ3n) is 8.82. The first-order valence-electron chi connectivity index (χ1n) is 13.0. The van der Waals surface area contributed by atoms with Crippen LogP contribution < -0.4 is 5.73 Å². The Morgan fingerprint density at radius 1 is 1.07 bits per heavy atom. The number of hydrogen-bond donors (Lipinski definition) is 6. The fourth-order valence-corrected chi connectivity index (χ4v) is 6.94. The molecule has 0 spiro atoms. The fraction of sp³-hybridized carbons (Fsp3) is 0.300. The molecule has 6 rings (SSSR count). The van der Waals surface area contributed by atoms with Gasteiger partial charge in [-0.05, 0) is 43.8 Å². The van der Waals surface area contributed by atoms with E-state index >= 15 is 0 Å². The zero-order valence-electron chi connectivity index (χ0n) is 22.3. The van der Waals surface area contributed by atoms with Crippen LogP contribution in [0, 0.1) is 11.8 Å². The summed E-state index contributed by atoms with van der Waals surface area (Å²) in [5.74, 6) is -9.03. The summed E-state index contributed by atoms with van der Waals surface area (Å²) in [6.07, 6.45) is -1.65. The third-order valence-corrected chi connectivity index (χ3v) is 8.82. The van der Waals surface area contributed by atoms with Crippen LogP contribution in [0.5, 0.6) is 5.75 Å². The average molecular weight is 561 g/mol. The van der Waals surface area contributed by atoms with Gasteiger partial charge in [0.2, 0.25) is 5.78 Å². The molecule has 1 heterocycles. The molecule has 11 nitrogen and oxygen atoms in total. The van der Waals surface area contributed by atoms with Crippen LogP contribution in [0.1, 0.15) is 28.8 Å². The molecule has 0 bridgehead atoms. The highest BCUT2D eigenvalue weighted by atomic mass is 16.4. The van der Waals surface area contributed by atoms with E-state index < -0.39 is 81.4 Å². The molecule has 7 N–H and O–H groups in total. The van der Waals surface area contributed by atoms with Gasteiger partial charge in [0.05, 0.1) is 29.2 Å². The van der Waals surface area contributed by atoms with Crippen LogP contribution in [0.4, 0.5) is 0 Å². The number of carbonyl (C=O) groups is 3. The second-order valence-corrected chi connectivity index (χ2v) is 11.1. The van der Waals surface area contributed by atoms with Crippen molar-refractivity contribution in [3.8, 4) is 17.1 Å². The molecule has 41 heavy (non-hydrogen) atoms. The Kier molecular flexibility index (Phi) is 5.73. The highest BCUT2D eigenvalue weighted by Gasteiger charge is 2.67. The molecule has 1 unspecified atom stereocenters. The Hall–Kier alpha value is -4.45. The minimum Gasteiger partial charge on any atom is -0.510 e. The van der Waals surface area contributed by atoms with Crippen LogP contribution >= 0.6 is 0 Å². The van der Waals surface area contributed by atoms with Gasteiger partial charge >= 0.3 is 0 Å².